The number of hydrogen-bond donors (Lipinski definition) is 0. The van der Waals surface area contributed by atoms with Gasteiger partial charge in [-0.15, -0.1) is 0 Å². The number of carbonyl (C=O) groups excluding carboxylic acids is 2. The SMILES string of the molecule is CC(C)[Si](OC(=O)/C(=C(\C(=O)O[Si](C(C)C)(C(C)C)C(C)C)[Si](C(C)C)(C(C)C)C(C)C)C1CCCCC1)(C(C)C)C(C)C. The minimum Gasteiger partial charge on any atom is -0.515 e. The van der Waals surface area contributed by atoms with Crippen molar-refractivity contribution in [1.82, 2.24) is 0 Å². The van der Waals surface area contributed by atoms with E-state index in [0.717, 1.165) is 36.5 Å². The molecule has 0 aliphatic heterocycles. The molecule has 0 aromatic rings. The Balaban J connectivity index is 4.42. The average molecular weight is 667 g/mol. The molecule has 0 heterocycles. The Morgan fingerprint density at radius 3 is 1.02 bits per heavy atom. The van der Waals surface area contributed by atoms with Crippen LogP contribution in [0, 0.1) is 5.92 Å². The van der Waals surface area contributed by atoms with Crippen LogP contribution in [-0.2, 0) is 18.4 Å². The molecular weight excluding hydrogens is 593 g/mol. The maximum Gasteiger partial charge on any atom is 0.321 e. The Morgan fingerprint density at radius 1 is 0.455 bits per heavy atom. The predicted molar refractivity (Wildman–Crippen MR) is 199 cm³/mol. The molecule has 1 rings (SSSR count). The van der Waals surface area contributed by atoms with Crippen molar-refractivity contribution in [2.75, 3.05) is 0 Å². The maximum absolute atomic E-state index is 15.4. The van der Waals surface area contributed by atoms with Gasteiger partial charge in [0.2, 0.25) is 0 Å². The normalized spacial score (nSPS) is 16.9. The van der Waals surface area contributed by atoms with Gasteiger partial charge in [0.25, 0.3) is 16.6 Å². The van der Waals surface area contributed by atoms with E-state index in [0.29, 0.717) is 0 Å². The second-order valence-corrected chi connectivity index (χ2v) is 33.5. The van der Waals surface area contributed by atoms with Crippen LogP contribution in [0.4, 0.5) is 0 Å². The highest BCUT2D eigenvalue weighted by molar-refractivity contribution is 6.94. The van der Waals surface area contributed by atoms with Gasteiger partial charge in [-0.05, 0) is 68.6 Å². The molecule has 0 unspecified atom stereocenters. The highest BCUT2D eigenvalue weighted by atomic mass is 28.4. The summed E-state index contributed by atoms with van der Waals surface area (Å²) in [5.74, 6) is -0.302. The van der Waals surface area contributed by atoms with Gasteiger partial charge in [-0.1, -0.05) is 144 Å². The Bertz CT molecular complexity index is 904. The van der Waals surface area contributed by atoms with Crippen LogP contribution >= 0.6 is 0 Å². The summed E-state index contributed by atoms with van der Waals surface area (Å²) < 4.78 is 14.2. The van der Waals surface area contributed by atoms with E-state index in [1.54, 1.807) is 0 Å². The van der Waals surface area contributed by atoms with Gasteiger partial charge in [-0.25, -0.2) is 9.59 Å². The summed E-state index contributed by atoms with van der Waals surface area (Å²) in [5.41, 5.74) is 3.19. The van der Waals surface area contributed by atoms with E-state index in [2.05, 4.69) is 125 Å². The van der Waals surface area contributed by atoms with Crippen molar-refractivity contribution in [2.24, 2.45) is 5.92 Å². The lowest BCUT2D eigenvalue weighted by atomic mass is 9.83. The third-order valence-electron chi connectivity index (χ3n) is 12.0. The smallest absolute Gasteiger partial charge is 0.321 e. The van der Waals surface area contributed by atoms with Crippen molar-refractivity contribution in [3.63, 3.8) is 0 Å². The highest BCUT2D eigenvalue weighted by Gasteiger charge is 2.56. The molecule has 0 spiro atoms. The minimum absolute atomic E-state index is 0.0494. The molecule has 0 aromatic heterocycles. The molecule has 1 aliphatic rings. The first kappa shape index (κ1) is 41.4. The Labute approximate surface area is 277 Å². The molecule has 258 valence electrons. The number of rotatable bonds is 15. The fourth-order valence-corrected chi connectivity index (χ4v) is 27.7. The summed E-state index contributed by atoms with van der Waals surface area (Å²) in [6, 6.07) is 0. The van der Waals surface area contributed by atoms with Crippen molar-refractivity contribution in [1.29, 1.82) is 0 Å². The molecule has 0 aromatic carbocycles. The van der Waals surface area contributed by atoms with Gasteiger partial charge in [-0.3, -0.25) is 0 Å². The molecule has 4 nitrogen and oxygen atoms in total. The second kappa shape index (κ2) is 16.4. The van der Waals surface area contributed by atoms with E-state index in [1.807, 2.05) is 0 Å². The maximum atomic E-state index is 15.4. The lowest BCUT2D eigenvalue weighted by Crippen LogP contribution is -2.56. The second-order valence-electron chi connectivity index (χ2n) is 16.9. The molecular formula is C37H74O4Si3. The van der Waals surface area contributed by atoms with E-state index < -0.39 is 24.7 Å². The molecule has 1 fully saturated rings. The first-order valence-electron chi connectivity index (χ1n) is 18.3. The average Bonchev–Trinajstić information content (AvgIpc) is 2.88. The van der Waals surface area contributed by atoms with Crippen LogP contribution in [0.1, 0.15) is 157 Å². The van der Waals surface area contributed by atoms with Crippen LogP contribution in [0.5, 0.6) is 0 Å². The first-order valence-corrected chi connectivity index (χ1v) is 24.8. The topological polar surface area (TPSA) is 52.6 Å². The van der Waals surface area contributed by atoms with E-state index in [1.165, 1.54) is 6.42 Å². The van der Waals surface area contributed by atoms with E-state index in [-0.39, 0.29) is 67.7 Å². The van der Waals surface area contributed by atoms with Gasteiger partial charge in [0.15, 0.2) is 0 Å². The van der Waals surface area contributed by atoms with Gasteiger partial charge in [-0.2, -0.15) is 0 Å². The fraction of sp³-hybridized carbons (Fsp3) is 0.892. The van der Waals surface area contributed by atoms with E-state index in [9.17, 15) is 0 Å². The minimum atomic E-state index is -2.65. The molecule has 0 bridgehead atoms. The van der Waals surface area contributed by atoms with E-state index in [4.69, 9.17) is 8.85 Å². The van der Waals surface area contributed by atoms with Gasteiger partial charge < -0.3 is 8.85 Å². The molecule has 7 heteroatoms. The molecule has 0 saturated heterocycles. The number of hydrogen-bond acceptors (Lipinski definition) is 4. The fourth-order valence-electron chi connectivity index (χ4n) is 10.4. The molecule has 0 N–H and O–H groups in total. The summed E-state index contributed by atoms with van der Waals surface area (Å²) in [6.07, 6.45) is 5.26. The van der Waals surface area contributed by atoms with Crippen molar-refractivity contribution < 1.29 is 18.4 Å². The zero-order valence-corrected chi connectivity index (χ0v) is 35.4. The molecule has 1 aliphatic carbocycles. The predicted octanol–water partition coefficient (Wildman–Crippen LogP) is 12.5. The zero-order valence-electron chi connectivity index (χ0n) is 32.4. The van der Waals surface area contributed by atoms with Crippen LogP contribution in [0.2, 0.25) is 49.9 Å². The largest absolute Gasteiger partial charge is 0.515 e. The van der Waals surface area contributed by atoms with Crippen molar-refractivity contribution in [2.45, 2.75) is 207 Å². The molecule has 0 amide bonds. The molecule has 0 atom stereocenters. The molecule has 44 heavy (non-hydrogen) atoms. The zero-order chi connectivity index (χ0) is 34.5. The van der Waals surface area contributed by atoms with Gasteiger partial charge >= 0.3 is 11.9 Å². The van der Waals surface area contributed by atoms with Gasteiger partial charge in [0.1, 0.15) is 8.07 Å². The summed E-state index contributed by atoms with van der Waals surface area (Å²) >= 11 is 0. The van der Waals surface area contributed by atoms with Crippen LogP contribution in [0.25, 0.3) is 0 Å². The summed E-state index contributed by atoms with van der Waals surface area (Å²) in [7, 11) is -7.77. The molecule has 1 saturated carbocycles. The highest BCUT2D eigenvalue weighted by Crippen LogP contribution is 2.52. The van der Waals surface area contributed by atoms with Crippen molar-refractivity contribution >= 4 is 36.6 Å². The van der Waals surface area contributed by atoms with Crippen LogP contribution in [0.3, 0.4) is 0 Å². The van der Waals surface area contributed by atoms with Crippen molar-refractivity contribution in [3.8, 4) is 0 Å². The van der Waals surface area contributed by atoms with E-state index >= 15 is 9.59 Å². The summed E-state index contributed by atoms with van der Waals surface area (Å²) in [6.45, 7) is 40.7. The van der Waals surface area contributed by atoms with Crippen LogP contribution in [0.15, 0.2) is 10.8 Å². The van der Waals surface area contributed by atoms with Crippen LogP contribution < -0.4 is 0 Å². The quantitative estimate of drug-likeness (QED) is 0.129. The lowest BCUT2D eigenvalue weighted by Gasteiger charge is -2.48. The lowest BCUT2D eigenvalue weighted by molar-refractivity contribution is -0.134. The summed E-state index contributed by atoms with van der Waals surface area (Å²) in [5, 5.41) is 0.799. The Hall–Kier alpha value is -0.669. The van der Waals surface area contributed by atoms with Gasteiger partial charge in [0, 0.05) is 10.8 Å². The standard InChI is InChI=1S/C37H74O4Si3/c1-24(2)42(25(3)4,26(5)6)35(37(39)41-44(30(13)14,31(15)16)32(17)18)34(33-22-20-19-21-23-33)36(38)40-43(27(7)8,28(9)10)29(11)12/h24-33H,19-23H2,1-18H3/b35-34+. The monoisotopic (exact) mass is 666 g/mol. The Kier molecular flexibility index (Phi) is 15.4. The van der Waals surface area contributed by atoms with Gasteiger partial charge in [0.05, 0.1) is 0 Å². The third-order valence-corrected chi connectivity index (χ3v) is 30.9. The first-order chi connectivity index (χ1) is 20.1. The van der Waals surface area contributed by atoms with Crippen molar-refractivity contribution in [3.05, 3.63) is 10.8 Å². The molecule has 0 radical (unpaired) electrons. The third kappa shape index (κ3) is 7.72. The van der Waals surface area contributed by atoms with Crippen LogP contribution in [-0.4, -0.2) is 36.6 Å². The number of carbonyl (C=O) groups is 2. The summed E-state index contributed by atoms with van der Waals surface area (Å²) in [4.78, 5) is 30.6. The Morgan fingerprint density at radius 2 is 0.750 bits per heavy atom.